The molecule has 0 saturated carbocycles. The second kappa shape index (κ2) is 9.67. The summed E-state index contributed by atoms with van der Waals surface area (Å²) in [5.74, 6) is -1.81. The summed E-state index contributed by atoms with van der Waals surface area (Å²) in [4.78, 5) is 24.4. The fourth-order valence-corrected chi connectivity index (χ4v) is 3.63. The maximum absolute atomic E-state index is 15.0. The number of ketones is 1. The number of nitrogens with one attached hydrogen (secondary N) is 2. The molecule has 8 heteroatoms. The van der Waals surface area contributed by atoms with Gasteiger partial charge in [-0.05, 0) is 37.1 Å². The number of allylic oxidation sites excluding steroid dienone is 2. The van der Waals surface area contributed by atoms with Gasteiger partial charge in [0.05, 0.1) is 11.3 Å². The Balaban J connectivity index is 2.06. The van der Waals surface area contributed by atoms with E-state index in [2.05, 4.69) is 19.7 Å². The van der Waals surface area contributed by atoms with E-state index in [1.54, 1.807) is 25.5 Å². The van der Waals surface area contributed by atoms with Crippen LogP contribution in [0.25, 0.3) is 16.6 Å². The summed E-state index contributed by atoms with van der Waals surface area (Å²) in [7, 11) is 1.66. The minimum atomic E-state index is -0.908. The van der Waals surface area contributed by atoms with Gasteiger partial charge in [-0.15, -0.1) is 0 Å². The first-order valence-corrected chi connectivity index (χ1v) is 10.5. The summed E-state index contributed by atoms with van der Waals surface area (Å²) < 4.78 is 32.3. The summed E-state index contributed by atoms with van der Waals surface area (Å²) in [5.41, 5.74) is 1.66. The first-order valence-electron chi connectivity index (χ1n) is 9.48. The summed E-state index contributed by atoms with van der Waals surface area (Å²) in [5, 5.41) is 0.485. The maximum Gasteiger partial charge on any atom is 0.201 e. The molecule has 2 N–H and O–H groups in total. The number of hydrogen-bond donors (Lipinski definition) is 2. The lowest BCUT2D eigenvalue weighted by Crippen LogP contribution is -2.09. The number of hydrogen-bond acceptors (Lipinski definition) is 5. The standard InChI is InChI=1S/C22H22F2N4OS/c1-4-8-30-28-18-7-6-17(23)19(20(18)24)21(29)16-12-27-22-15(16)9-14(11-26-22)13(5-2)10-25-3/h5-7,9-12,28H,4,8H2,1-3H3,(H,26,27)/b13-5+,25-10?. The van der Waals surface area contributed by atoms with E-state index < -0.39 is 23.0 Å². The van der Waals surface area contributed by atoms with E-state index in [9.17, 15) is 13.6 Å². The summed E-state index contributed by atoms with van der Waals surface area (Å²) >= 11 is 1.30. The van der Waals surface area contributed by atoms with Crippen LogP contribution in [0.4, 0.5) is 14.5 Å². The molecule has 0 spiro atoms. The Bertz CT molecular complexity index is 1140. The molecule has 0 aliphatic heterocycles. The van der Waals surface area contributed by atoms with Crippen molar-refractivity contribution in [2.75, 3.05) is 17.5 Å². The molecule has 0 atom stereocenters. The molecule has 0 radical (unpaired) electrons. The van der Waals surface area contributed by atoms with Crippen molar-refractivity contribution in [1.29, 1.82) is 0 Å². The van der Waals surface area contributed by atoms with E-state index in [1.165, 1.54) is 24.2 Å². The van der Waals surface area contributed by atoms with Crippen molar-refractivity contribution in [3.63, 3.8) is 0 Å². The van der Waals surface area contributed by atoms with Crippen LogP contribution in [0.5, 0.6) is 0 Å². The van der Waals surface area contributed by atoms with Gasteiger partial charge < -0.3 is 9.71 Å². The first kappa shape index (κ1) is 21.7. The van der Waals surface area contributed by atoms with Crippen LogP contribution in [0.3, 0.4) is 0 Å². The molecule has 0 aliphatic rings. The van der Waals surface area contributed by atoms with E-state index in [1.807, 2.05) is 19.9 Å². The van der Waals surface area contributed by atoms with Gasteiger partial charge in [-0.3, -0.25) is 9.79 Å². The molecule has 0 unspecified atom stereocenters. The van der Waals surface area contributed by atoms with Crippen molar-refractivity contribution >= 4 is 46.2 Å². The Kier molecular flexibility index (Phi) is 6.99. The minimum absolute atomic E-state index is 0.0761. The molecule has 1 aromatic carbocycles. The molecule has 0 bridgehead atoms. The van der Waals surface area contributed by atoms with Crippen molar-refractivity contribution in [2.45, 2.75) is 20.3 Å². The lowest BCUT2D eigenvalue weighted by Gasteiger charge is -2.10. The molecule has 30 heavy (non-hydrogen) atoms. The monoisotopic (exact) mass is 428 g/mol. The van der Waals surface area contributed by atoms with Gasteiger partial charge in [-0.2, -0.15) is 0 Å². The van der Waals surface area contributed by atoms with Crippen LogP contribution >= 0.6 is 11.9 Å². The summed E-state index contributed by atoms with van der Waals surface area (Å²) in [6, 6.07) is 4.15. The molecule has 0 fully saturated rings. The first-order chi connectivity index (χ1) is 14.5. The Labute approximate surface area is 177 Å². The number of aromatic amines is 1. The average molecular weight is 429 g/mol. The van der Waals surface area contributed by atoms with E-state index in [4.69, 9.17) is 0 Å². The fourth-order valence-electron chi connectivity index (χ4n) is 3.01. The zero-order chi connectivity index (χ0) is 21.7. The molecule has 5 nitrogen and oxygen atoms in total. The van der Waals surface area contributed by atoms with Gasteiger partial charge in [0, 0.05) is 47.9 Å². The van der Waals surface area contributed by atoms with E-state index in [-0.39, 0.29) is 11.3 Å². The number of aromatic nitrogens is 2. The second-order valence-corrected chi connectivity index (χ2v) is 7.42. The number of H-pyrrole nitrogens is 1. The third-order valence-electron chi connectivity index (χ3n) is 4.49. The van der Waals surface area contributed by atoms with Gasteiger partial charge in [0.15, 0.2) is 5.82 Å². The molecule has 2 heterocycles. The quantitative estimate of drug-likeness (QED) is 0.211. The number of nitrogens with zero attached hydrogens (tertiary/aromatic N) is 2. The Morgan fingerprint density at radius 3 is 2.87 bits per heavy atom. The van der Waals surface area contributed by atoms with Gasteiger partial charge in [0.2, 0.25) is 5.78 Å². The predicted octanol–water partition coefficient (Wildman–Crippen LogP) is 5.65. The van der Waals surface area contributed by atoms with Gasteiger partial charge in [0.25, 0.3) is 0 Å². The van der Waals surface area contributed by atoms with E-state index in [0.717, 1.165) is 29.4 Å². The molecule has 3 rings (SSSR count). The maximum atomic E-state index is 15.0. The van der Waals surface area contributed by atoms with Crippen LogP contribution in [0.1, 0.15) is 41.8 Å². The third kappa shape index (κ3) is 4.28. The number of aliphatic imine (C=N–C) groups is 1. The van der Waals surface area contributed by atoms with Gasteiger partial charge in [-0.1, -0.05) is 24.9 Å². The topological polar surface area (TPSA) is 70.1 Å². The largest absolute Gasteiger partial charge is 0.345 e. The molecular formula is C22H22F2N4OS. The van der Waals surface area contributed by atoms with Crippen LogP contribution in [-0.4, -0.2) is 34.8 Å². The normalized spacial score (nSPS) is 12.1. The van der Waals surface area contributed by atoms with Crippen LogP contribution in [0, 0.1) is 11.6 Å². The van der Waals surface area contributed by atoms with Crippen LogP contribution in [-0.2, 0) is 0 Å². The SMILES string of the molecule is C/C=C(\C=NC)c1cnc2[nH]cc(C(=O)c3c(F)ccc(NSCCC)c3F)c2c1. The zero-order valence-electron chi connectivity index (χ0n) is 16.9. The Morgan fingerprint density at radius 2 is 2.17 bits per heavy atom. The lowest BCUT2D eigenvalue weighted by atomic mass is 10.00. The number of carbonyl (C=O) groups is 1. The van der Waals surface area contributed by atoms with Gasteiger partial charge in [-0.25, -0.2) is 13.8 Å². The van der Waals surface area contributed by atoms with Crippen molar-refractivity contribution in [1.82, 2.24) is 9.97 Å². The van der Waals surface area contributed by atoms with Crippen LogP contribution in [0.2, 0.25) is 0 Å². The van der Waals surface area contributed by atoms with Gasteiger partial charge >= 0.3 is 0 Å². The Morgan fingerprint density at radius 1 is 1.37 bits per heavy atom. The van der Waals surface area contributed by atoms with Crippen molar-refractivity contribution in [3.05, 3.63) is 65.0 Å². The van der Waals surface area contributed by atoms with E-state index >= 15 is 0 Å². The molecule has 2 aromatic heterocycles. The van der Waals surface area contributed by atoms with Crippen LogP contribution in [0.15, 0.2) is 41.7 Å². The average Bonchev–Trinajstić information content (AvgIpc) is 3.17. The van der Waals surface area contributed by atoms with E-state index in [0.29, 0.717) is 11.0 Å². The van der Waals surface area contributed by atoms with Crippen LogP contribution < -0.4 is 4.72 Å². The molecule has 0 aliphatic carbocycles. The predicted molar refractivity (Wildman–Crippen MR) is 120 cm³/mol. The number of pyridine rings is 1. The molecule has 0 amide bonds. The second-order valence-electron chi connectivity index (χ2n) is 6.52. The fraction of sp³-hybridized carbons (Fsp3) is 0.227. The highest BCUT2D eigenvalue weighted by Gasteiger charge is 2.24. The highest BCUT2D eigenvalue weighted by molar-refractivity contribution is 8.00. The number of benzene rings is 1. The van der Waals surface area contributed by atoms with Crippen molar-refractivity contribution in [3.8, 4) is 0 Å². The minimum Gasteiger partial charge on any atom is -0.345 e. The van der Waals surface area contributed by atoms with Crippen molar-refractivity contribution < 1.29 is 13.6 Å². The third-order valence-corrected chi connectivity index (χ3v) is 5.47. The summed E-state index contributed by atoms with van der Waals surface area (Å²) in [6.07, 6.45) is 7.53. The van der Waals surface area contributed by atoms with Gasteiger partial charge in [0.1, 0.15) is 11.5 Å². The highest BCUT2D eigenvalue weighted by Crippen LogP contribution is 2.29. The number of halogens is 2. The molecule has 3 aromatic rings. The highest BCUT2D eigenvalue weighted by atomic mass is 32.2. The number of fused-ring (bicyclic) bond motifs is 1. The molecule has 0 saturated heterocycles. The smallest absolute Gasteiger partial charge is 0.201 e. The number of carbonyl (C=O) groups excluding carboxylic acids is 1. The summed E-state index contributed by atoms with van der Waals surface area (Å²) in [6.45, 7) is 3.86. The Hall–Kier alpha value is -3.00. The number of rotatable bonds is 8. The van der Waals surface area contributed by atoms with Crippen molar-refractivity contribution in [2.24, 2.45) is 4.99 Å². The number of anilines is 1. The molecular weight excluding hydrogens is 406 g/mol. The lowest BCUT2D eigenvalue weighted by molar-refractivity contribution is 0.103. The zero-order valence-corrected chi connectivity index (χ0v) is 17.7. The molecule has 156 valence electrons.